The number of hydrogen-bond acceptors (Lipinski definition) is 2. The number of hydrogen-bond donors (Lipinski definition) is 1. The van der Waals surface area contributed by atoms with Gasteiger partial charge in [-0.1, -0.05) is 57.7 Å². The average molecular weight is 232 g/mol. The van der Waals surface area contributed by atoms with Gasteiger partial charge >= 0.3 is 5.69 Å². The SMILES string of the molecule is CCCCCC.O=c1ncc2ccccc2[nH]1. The molecule has 1 aromatic carbocycles. The van der Waals surface area contributed by atoms with E-state index in [1.54, 1.807) is 6.20 Å². The Bertz CT molecular complexity index is 487. The van der Waals surface area contributed by atoms with Crippen LogP contribution in [0.4, 0.5) is 0 Å². The summed E-state index contributed by atoms with van der Waals surface area (Å²) in [6.45, 7) is 4.46. The van der Waals surface area contributed by atoms with E-state index in [1.165, 1.54) is 25.7 Å². The smallest absolute Gasteiger partial charge is 0.305 e. The van der Waals surface area contributed by atoms with Crippen molar-refractivity contribution in [3.05, 3.63) is 40.9 Å². The maximum absolute atomic E-state index is 10.7. The Kier molecular flexibility index (Phi) is 6.00. The zero-order chi connectivity index (χ0) is 12.5. The minimum atomic E-state index is -0.302. The number of aromatic amines is 1. The summed E-state index contributed by atoms with van der Waals surface area (Å²) in [6.07, 6.45) is 7.10. The maximum atomic E-state index is 10.7. The van der Waals surface area contributed by atoms with Crippen molar-refractivity contribution in [1.82, 2.24) is 9.97 Å². The summed E-state index contributed by atoms with van der Waals surface area (Å²) in [4.78, 5) is 16.9. The van der Waals surface area contributed by atoms with E-state index in [9.17, 15) is 4.79 Å². The highest BCUT2D eigenvalue weighted by atomic mass is 16.1. The number of rotatable bonds is 3. The average Bonchev–Trinajstić information content (AvgIpc) is 2.37. The van der Waals surface area contributed by atoms with Crippen LogP contribution >= 0.6 is 0 Å². The molecule has 1 aromatic heterocycles. The number of nitrogens with zero attached hydrogens (tertiary/aromatic N) is 1. The van der Waals surface area contributed by atoms with Crippen molar-refractivity contribution in [3.8, 4) is 0 Å². The zero-order valence-corrected chi connectivity index (χ0v) is 10.6. The summed E-state index contributed by atoms with van der Waals surface area (Å²) in [5, 5.41) is 0.951. The predicted molar refractivity (Wildman–Crippen MR) is 72.2 cm³/mol. The fourth-order valence-corrected chi connectivity index (χ4v) is 1.50. The first-order chi connectivity index (χ1) is 8.27. The number of aromatic nitrogens is 2. The highest BCUT2D eigenvalue weighted by molar-refractivity contribution is 5.76. The summed E-state index contributed by atoms with van der Waals surface area (Å²) >= 11 is 0. The van der Waals surface area contributed by atoms with Crippen molar-refractivity contribution in [2.24, 2.45) is 0 Å². The maximum Gasteiger partial charge on any atom is 0.345 e. The van der Waals surface area contributed by atoms with Crippen molar-refractivity contribution in [1.29, 1.82) is 0 Å². The molecule has 0 bridgehead atoms. The molecule has 0 saturated heterocycles. The van der Waals surface area contributed by atoms with Gasteiger partial charge < -0.3 is 4.98 Å². The van der Waals surface area contributed by atoms with Gasteiger partial charge in [0.25, 0.3) is 0 Å². The fourth-order valence-electron chi connectivity index (χ4n) is 1.50. The van der Waals surface area contributed by atoms with Crippen molar-refractivity contribution in [2.45, 2.75) is 39.5 Å². The van der Waals surface area contributed by atoms with Crippen molar-refractivity contribution >= 4 is 10.9 Å². The molecule has 0 aliphatic heterocycles. The third-order valence-corrected chi connectivity index (χ3v) is 2.48. The van der Waals surface area contributed by atoms with E-state index < -0.39 is 0 Å². The van der Waals surface area contributed by atoms with Crippen LogP contribution < -0.4 is 5.69 Å². The molecule has 1 N–H and O–H groups in total. The van der Waals surface area contributed by atoms with Gasteiger partial charge in [-0.05, 0) is 6.07 Å². The second kappa shape index (κ2) is 7.60. The molecular formula is C14H20N2O. The van der Waals surface area contributed by atoms with Crippen LogP contribution in [0.15, 0.2) is 35.3 Å². The third kappa shape index (κ3) is 4.81. The Labute approximate surface area is 102 Å². The summed E-state index contributed by atoms with van der Waals surface area (Å²) in [5.74, 6) is 0. The van der Waals surface area contributed by atoms with E-state index in [2.05, 4.69) is 23.8 Å². The Hall–Kier alpha value is -1.64. The molecule has 92 valence electrons. The molecular weight excluding hydrogens is 212 g/mol. The van der Waals surface area contributed by atoms with Crippen molar-refractivity contribution < 1.29 is 0 Å². The molecule has 2 aromatic rings. The molecule has 2 rings (SSSR count). The molecule has 0 saturated carbocycles. The van der Waals surface area contributed by atoms with Crippen LogP contribution in [0.3, 0.4) is 0 Å². The van der Waals surface area contributed by atoms with Gasteiger partial charge in [-0.25, -0.2) is 9.78 Å². The standard InChI is InChI=1S/C8H6N2O.C6H14/c11-8-9-5-6-3-1-2-4-7(6)10-8;1-3-5-6-4-2/h1-5H,(H,9,10,11);3-6H2,1-2H3. The number of H-pyrrole nitrogens is 1. The monoisotopic (exact) mass is 232 g/mol. The van der Waals surface area contributed by atoms with Crippen LogP contribution in [-0.4, -0.2) is 9.97 Å². The molecule has 0 spiro atoms. The number of para-hydroxylation sites is 1. The number of nitrogens with one attached hydrogen (secondary N) is 1. The number of fused-ring (bicyclic) bond motifs is 1. The first kappa shape index (κ1) is 13.4. The lowest BCUT2D eigenvalue weighted by Gasteiger charge is -1.92. The van der Waals surface area contributed by atoms with Crippen molar-refractivity contribution in [2.75, 3.05) is 0 Å². The summed E-state index contributed by atoms with van der Waals surface area (Å²) < 4.78 is 0. The predicted octanol–water partition coefficient (Wildman–Crippen LogP) is 3.51. The van der Waals surface area contributed by atoms with Crippen molar-refractivity contribution in [3.63, 3.8) is 0 Å². The molecule has 0 atom stereocenters. The molecule has 0 aliphatic rings. The Morgan fingerprint density at radius 2 is 1.76 bits per heavy atom. The minimum absolute atomic E-state index is 0.302. The van der Waals surface area contributed by atoms with Gasteiger partial charge in [0.05, 0.1) is 5.52 Å². The molecule has 0 amide bonds. The van der Waals surface area contributed by atoms with Gasteiger partial charge in [0.2, 0.25) is 0 Å². The van der Waals surface area contributed by atoms with E-state index in [4.69, 9.17) is 0 Å². The lowest BCUT2D eigenvalue weighted by Crippen LogP contribution is -2.07. The van der Waals surface area contributed by atoms with Gasteiger partial charge in [-0.15, -0.1) is 0 Å². The molecule has 0 aliphatic carbocycles. The number of unbranched alkanes of at least 4 members (excludes halogenated alkanes) is 3. The van der Waals surface area contributed by atoms with Gasteiger partial charge in [-0.3, -0.25) is 0 Å². The molecule has 17 heavy (non-hydrogen) atoms. The summed E-state index contributed by atoms with van der Waals surface area (Å²) in [6, 6.07) is 7.53. The van der Waals surface area contributed by atoms with Crippen LogP contribution in [0.25, 0.3) is 10.9 Å². The van der Waals surface area contributed by atoms with E-state index in [0.29, 0.717) is 0 Å². The molecule has 0 radical (unpaired) electrons. The highest BCUT2D eigenvalue weighted by Gasteiger charge is 1.90. The lowest BCUT2D eigenvalue weighted by molar-refractivity contribution is 0.702. The largest absolute Gasteiger partial charge is 0.345 e. The van der Waals surface area contributed by atoms with E-state index in [1.807, 2.05) is 24.3 Å². The van der Waals surface area contributed by atoms with Gasteiger partial charge in [-0.2, -0.15) is 0 Å². The zero-order valence-electron chi connectivity index (χ0n) is 10.6. The molecule has 3 nitrogen and oxygen atoms in total. The highest BCUT2D eigenvalue weighted by Crippen LogP contribution is 2.05. The van der Waals surface area contributed by atoms with Crippen LogP contribution in [-0.2, 0) is 0 Å². The van der Waals surface area contributed by atoms with Gasteiger partial charge in [0.1, 0.15) is 0 Å². The van der Waals surface area contributed by atoms with Gasteiger partial charge in [0, 0.05) is 11.6 Å². The van der Waals surface area contributed by atoms with Crippen LogP contribution in [0.2, 0.25) is 0 Å². The first-order valence-corrected chi connectivity index (χ1v) is 6.22. The lowest BCUT2D eigenvalue weighted by atomic mass is 10.2. The normalized spacial score (nSPS) is 9.76. The Morgan fingerprint density at radius 1 is 1.12 bits per heavy atom. The Morgan fingerprint density at radius 3 is 2.41 bits per heavy atom. The Balaban J connectivity index is 0.000000209. The van der Waals surface area contributed by atoms with Crippen LogP contribution in [0.1, 0.15) is 39.5 Å². The summed E-state index contributed by atoms with van der Waals surface area (Å²) in [5.41, 5.74) is 0.524. The molecule has 3 heteroatoms. The first-order valence-electron chi connectivity index (χ1n) is 6.22. The van der Waals surface area contributed by atoms with Gasteiger partial charge in [0.15, 0.2) is 0 Å². The second-order valence-electron chi connectivity index (χ2n) is 3.98. The number of benzene rings is 1. The third-order valence-electron chi connectivity index (χ3n) is 2.48. The second-order valence-corrected chi connectivity index (χ2v) is 3.98. The topological polar surface area (TPSA) is 45.8 Å². The molecule has 1 heterocycles. The van der Waals surface area contributed by atoms with Crippen LogP contribution in [0, 0.1) is 0 Å². The van der Waals surface area contributed by atoms with E-state index in [-0.39, 0.29) is 5.69 Å². The van der Waals surface area contributed by atoms with Crippen LogP contribution in [0.5, 0.6) is 0 Å². The van der Waals surface area contributed by atoms with E-state index >= 15 is 0 Å². The quantitative estimate of drug-likeness (QED) is 0.823. The molecule has 0 unspecified atom stereocenters. The summed E-state index contributed by atoms with van der Waals surface area (Å²) in [7, 11) is 0. The minimum Gasteiger partial charge on any atom is -0.305 e. The van der Waals surface area contributed by atoms with E-state index in [0.717, 1.165) is 10.9 Å². The molecule has 0 fully saturated rings. The fraction of sp³-hybridized carbons (Fsp3) is 0.429.